The van der Waals surface area contributed by atoms with Crippen molar-refractivity contribution in [2.75, 3.05) is 6.54 Å². The number of nitrogens with zero attached hydrogens (tertiary/aromatic N) is 2. The Kier molecular flexibility index (Phi) is 9.17. The van der Waals surface area contributed by atoms with Gasteiger partial charge in [0, 0.05) is 37.5 Å². The zero-order valence-corrected chi connectivity index (χ0v) is 19.3. The van der Waals surface area contributed by atoms with Crippen LogP contribution in [0.1, 0.15) is 27.8 Å². The van der Waals surface area contributed by atoms with Gasteiger partial charge in [0.25, 0.3) is 5.91 Å². The van der Waals surface area contributed by atoms with Crippen molar-refractivity contribution in [2.45, 2.75) is 25.7 Å². The number of benzene rings is 2. The van der Waals surface area contributed by atoms with Crippen molar-refractivity contribution in [2.24, 2.45) is 0 Å². The second-order valence-electron chi connectivity index (χ2n) is 8.10. The summed E-state index contributed by atoms with van der Waals surface area (Å²) in [6.45, 7) is -1.06. The van der Waals surface area contributed by atoms with E-state index >= 15 is 0 Å². The van der Waals surface area contributed by atoms with Gasteiger partial charge in [-0.25, -0.2) is 28.0 Å². The number of alkyl halides is 3. The van der Waals surface area contributed by atoms with E-state index in [1.165, 1.54) is 28.6 Å². The zero-order chi connectivity index (χ0) is 28.0. The first-order valence-electron chi connectivity index (χ1n) is 10.9. The molecule has 0 spiro atoms. The molecule has 0 aliphatic heterocycles. The summed E-state index contributed by atoms with van der Waals surface area (Å²) >= 11 is 0. The number of hydrogen-bond acceptors (Lipinski definition) is 4. The van der Waals surface area contributed by atoms with Crippen LogP contribution in [0, 0.1) is 29.2 Å². The van der Waals surface area contributed by atoms with Crippen LogP contribution in [-0.4, -0.2) is 27.5 Å². The summed E-state index contributed by atoms with van der Waals surface area (Å²) in [4.78, 5) is 15.9. The monoisotopic (exact) mass is 545 g/mol. The second-order valence-corrected chi connectivity index (χ2v) is 8.10. The number of carbonyl (C=O) groups excluding carboxylic acids is 1. The fourth-order valence-corrected chi connectivity index (χ4v) is 3.62. The van der Waals surface area contributed by atoms with Gasteiger partial charge >= 0.3 is 6.18 Å². The molecule has 2 N–H and O–H groups in total. The Morgan fingerprint density at radius 2 is 1.66 bits per heavy atom. The lowest BCUT2D eigenvalue weighted by molar-refractivity contribution is -0.138. The van der Waals surface area contributed by atoms with E-state index in [1.54, 1.807) is 0 Å². The molecule has 13 heteroatoms. The van der Waals surface area contributed by atoms with E-state index in [2.05, 4.69) is 4.98 Å². The van der Waals surface area contributed by atoms with E-state index in [4.69, 9.17) is 5.21 Å². The SMILES string of the molecule is O=C(/C=C/c1ccc(CN(CCc2cc(F)c(F)c(F)c2F)Cc2cccnc2F)c(C(F)(F)F)c1)NO. The van der Waals surface area contributed by atoms with E-state index in [9.17, 15) is 39.9 Å². The Balaban J connectivity index is 1.95. The Hall–Kier alpha value is -3.84. The van der Waals surface area contributed by atoms with Gasteiger partial charge in [-0.3, -0.25) is 14.9 Å². The molecule has 38 heavy (non-hydrogen) atoms. The van der Waals surface area contributed by atoms with Gasteiger partial charge in [0.2, 0.25) is 5.95 Å². The van der Waals surface area contributed by atoms with Crippen molar-refractivity contribution in [1.82, 2.24) is 15.4 Å². The highest BCUT2D eigenvalue weighted by Gasteiger charge is 2.34. The van der Waals surface area contributed by atoms with Crippen molar-refractivity contribution >= 4 is 12.0 Å². The highest BCUT2D eigenvalue weighted by atomic mass is 19.4. The smallest absolute Gasteiger partial charge is 0.294 e. The lowest BCUT2D eigenvalue weighted by atomic mass is 10.0. The molecule has 0 saturated carbocycles. The summed E-state index contributed by atoms with van der Waals surface area (Å²) < 4.78 is 111. The first kappa shape index (κ1) is 28.7. The lowest BCUT2D eigenvalue weighted by Crippen LogP contribution is -2.28. The van der Waals surface area contributed by atoms with Gasteiger partial charge in [-0.05, 0) is 47.4 Å². The number of halogens is 8. The Labute approximate surface area is 211 Å². The number of pyridine rings is 1. The lowest BCUT2D eigenvalue weighted by Gasteiger charge is -2.25. The maximum absolute atomic E-state index is 14.2. The predicted molar refractivity (Wildman–Crippen MR) is 119 cm³/mol. The summed E-state index contributed by atoms with van der Waals surface area (Å²) in [5.74, 6) is -9.17. The minimum atomic E-state index is -4.85. The van der Waals surface area contributed by atoms with Gasteiger partial charge in [-0.1, -0.05) is 18.2 Å². The van der Waals surface area contributed by atoms with E-state index < -0.39 is 65.4 Å². The third kappa shape index (κ3) is 7.13. The fraction of sp³-hybridized carbons (Fsp3) is 0.200. The van der Waals surface area contributed by atoms with E-state index in [0.29, 0.717) is 6.07 Å². The highest BCUT2D eigenvalue weighted by Crippen LogP contribution is 2.34. The van der Waals surface area contributed by atoms with Crippen LogP contribution < -0.4 is 5.48 Å². The molecular weight excluding hydrogens is 526 g/mol. The molecule has 1 heterocycles. The Morgan fingerprint density at radius 3 is 2.32 bits per heavy atom. The first-order chi connectivity index (χ1) is 17.9. The van der Waals surface area contributed by atoms with Crippen molar-refractivity contribution in [1.29, 1.82) is 0 Å². The summed E-state index contributed by atoms with van der Waals surface area (Å²) in [7, 11) is 0. The zero-order valence-electron chi connectivity index (χ0n) is 19.3. The topological polar surface area (TPSA) is 65.5 Å². The van der Waals surface area contributed by atoms with Gasteiger partial charge in [-0.15, -0.1) is 0 Å². The number of rotatable bonds is 9. The Morgan fingerprint density at radius 1 is 0.947 bits per heavy atom. The number of carbonyl (C=O) groups is 1. The summed E-state index contributed by atoms with van der Waals surface area (Å²) in [5.41, 5.74) is -0.650. The van der Waals surface area contributed by atoms with E-state index in [1.807, 2.05) is 0 Å². The maximum Gasteiger partial charge on any atom is 0.416 e. The van der Waals surface area contributed by atoms with E-state index in [-0.39, 0.29) is 29.8 Å². The van der Waals surface area contributed by atoms with Gasteiger partial charge < -0.3 is 0 Å². The fourth-order valence-electron chi connectivity index (χ4n) is 3.62. The molecule has 3 aromatic rings. The van der Waals surface area contributed by atoms with Crippen molar-refractivity contribution in [3.8, 4) is 0 Å². The molecule has 0 saturated heterocycles. The summed E-state index contributed by atoms with van der Waals surface area (Å²) in [6.07, 6.45) is -2.29. The van der Waals surface area contributed by atoms with Crippen molar-refractivity contribution in [3.05, 3.63) is 106 Å². The number of amides is 1. The number of nitrogens with one attached hydrogen (secondary N) is 1. The Bertz CT molecular complexity index is 1340. The first-order valence-corrected chi connectivity index (χ1v) is 10.9. The van der Waals surface area contributed by atoms with Crippen LogP contribution in [0.25, 0.3) is 6.08 Å². The standard InChI is InChI=1S/C25H19F8N3O2/c26-19-11-15(21(27)23(29)22(19)28)7-9-36(13-17-2-1-8-34-24(17)30)12-16-5-3-14(4-6-20(37)35-38)10-18(16)25(31,32)33/h1-6,8,10-11,38H,7,9,12-13H2,(H,35,37)/b6-4+. The average Bonchev–Trinajstić information content (AvgIpc) is 2.88. The highest BCUT2D eigenvalue weighted by molar-refractivity contribution is 5.90. The van der Waals surface area contributed by atoms with Gasteiger partial charge in [-0.2, -0.15) is 17.6 Å². The number of aromatic nitrogens is 1. The normalized spacial score (nSPS) is 11.9. The maximum atomic E-state index is 14.2. The van der Waals surface area contributed by atoms with Crippen LogP contribution in [0.2, 0.25) is 0 Å². The molecule has 202 valence electrons. The summed E-state index contributed by atoms with van der Waals surface area (Å²) in [6, 6.07) is 6.30. The molecule has 0 aliphatic carbocycles. The largest absolute Gasteiger partial charge is 0.416 e. The van der Waals surface area contributed by atoms with Crippen LogP contribution in [0.5, 0.6) is 0 Å². The summed E-state index contributed by atoms with van der Waals surface area (Å²) in [5, 5.41) is 8.52. The van der Waals surface area contributed by atoms with E-state index in [0.717, 1.165) is 30.5 Å². The van der Waals surface area contributed by atoms with Crippen molar-refractivity contribution < 1.29 is 45.1 Å². The van der Waals surface area contributed by atoms with Crippen LogP contribution in [0.4, 0.5) is 35.1 Å². The molecule has 0 bridgehead atoms. The average molecular weight is 545 g/mol. The van der Waals surface area contributed by atoms with Crippen LogP contribution >= 0.6 is 0 Å². The second kappa shape index (κ2) is 12.1. The minimum absolute atomic E-state index is 0.00688. The number of hydrogen-bond donors (Lipinski definition) is 2. The molecule has 0 aliphatic rings. The van der Waals surface area contributed by atoms with Crippen LogP contribution in [0.3, 0.4) is 0 Å². The molecule has 0 fully saturated rings. The minimum Gasteiger partial charge on any atom is -0.294 e. The molecule has 1 aromatic heterocycles. The molecule has 2 aromatic carbocycles. The van der Waals surface area contributed by atoms with Gasteiger partial charge in [0.1, 0.15) is 0 Å². The predicted octanol–water partition coefficient (Wildman–Crippen LogP) is 5.56. The molecule has 5 nitrogen and oxygen atoms in total. The van der Waals surface area contributed by atoms with Crippen LogP contribution in [-0.2, 0) is 30.5 Å². The third-order valence-electron chi connectivity index (χ3n) is 5.48. The van der Waals surface area contributed by atoms with Crippen molar-refractivity contribution in [3.63, 3.8) is 0 Å². The third-order valence-corrected chi connectivity index (χ3v) is 5.48. The number of hydroxylamine groups is 1. The van der Waals surface area contributed by atoms with Gasteiger partial charge in [0.15, 0.2) is 23.3 Å². The molecule has 0 atom stereocenters. The molecule has 3 rings (SSSR count). The molecule has 0 radical (unpaired) electrons. The quantitative estimate of drug-likeness (QED) is 0.0703. The molecule has 1 amide bonds. The molecular formula is C25H19F8N3O2. The van der Waals surface area contributed by atoms with Crippen LogP contribution in [0.15, 0.2) is 48.7 Å². The van der Waals surface area contributed by atoms with Gasteiger partial charge in [0.05, 0.1) is 5.56 Å². The molecule has 0 unspecified atom stereocenters.